The Bertz CT molecular complexity index is 673. The van der Waals surface area contributed by atoms with Gasteiger partial charge < -0.3 is 9.64 Å². The second-order valence-corrected chi connectivity index (χ2v) is 7.36. The normalized spacial score (nSPS) is 12.9. The third kappa shape index (κ3) is 4.89. The topological polar surface area (TPSA) is 73.6 Å². The SMILES string of the molecule is COCCN(C)S(=O)(=O)c1cc(F)ccc1N(C)CC(C)C#N. The summed E-state index contributed by atoms with van der Waals surface area (Å²) in [5.41, 5.74) is 0.359. The van der Waals surface area contributed by atoms with Crippen molar-refractivity contribution in [1.29, 1.82) is 5.26 Å². The number of methoxy groups -OCH3 is 1. The van der Waals surface area contributed by atoms with Crippen LogP contribution in [0.25, 0.3) is 0 Å². The number of likely N-dealkylation sites (N-methyl/N-ethyl adjacent to an activating group) is 1. The number of benzene rings is 1. The van der Waals surface area contributed by atoms with Gasteiger partial charge in [-0.2, -0.15) is 9.57 Å². The fourth-order valence-electron chi connectivity index (χ4n) is 2.07. The highest BCUT2D eigenvalue weighted by molar-refractivity contribution is 7.89. The molecule has 0 N–H and O–H groups in total. The molecule has 0 heterocycles. The smallest absolute Gasteiger partial charge is 0.245 e. The van der Waals surface area contributed by atoms with Crippen molar-refractivity contribution in [3.63, 3.8) is 0 Å². The lowest BCUT2D eigenvalue weighted by atomic mass is 10.2. The van der Waals surface area contributed by atoms with Crippen LogP contribution in [0.5, 0.6) is 0 Å². The average Bonchev–Trinajstić information content (AvgIpc) is 2.51. The van der Waals surface area contributed by atoms with Crippen LogP contribution < -0.4 is 4.90 Å². The van der Waals surface area contributed by atoms with Gasteiger partial charge in [-0.05, 0) is 25.1 Å². The van der Waals surface area contributed by atoms with Crippen LogP contribution in [0.3, 0.4) is 0 Å². The van der Waals surface area contributed by atoms with Crippen LogP contribution in [0.1, 0.15) is 6.92 Å². The number of nitriles is 1. The summed E-state index contributed by atoms with van der Waals surface area (Å²) in [4.78, 5) is 1.52. The van der Waals surface area contributed by atoms with Crippen molar-refractivity contribution in [2.24, 2.45) is 5.92 Å². The molecular weight excluding hydrogens is 321 g/mol. The van der Waals surface area contributed by atoms with Crippen LogP contribution in [0.2, 0.25) is 0 Å². The number of sulfonamides is 1. The van der Waals surface area contributed by atoms with E-state index in [2.05, 4.69) is 6.07 Å². The maximum Gasteiger partial charge on any atom is 0.245 e. The summed E-state index contributed by atoms with van der Waals surface area (Å²) in [6.07, 6.45) is 0. The van der Waals surface area contributed by atoms with Crippen molar-refractivity contribution < 1.29 is 17.5 Å². The van der Waals surface area contributed by atoms with Gasteiger partial charge in [0.2, 0.25) is 10.0 Å². The third-order valence-corrected chi connectivity index (χ3v) is 5.29. The maximum atomic E-state index is 13.6. The van der Waals surface area contributed by atoms with E-state index in [1.807, 2.05) is 0 Å². The highest BCUT2D eigenvalue weighted by Crippen LogP contribution is 2.28. The second-order valence-electron chi connectivity index (χ2n) is 5.34. The Morgan fingerprint density at radius 1 is 1.39 bits per heavy atom. The predicted octanol–water partition coefficient (Wildman–Crippen LogP) is 1.69. The average molecular weight is 343 g/mol. The monoisotopic (exact) mass is 343 g/mol. The van der Waals surface area contributed by atoms with Crippen LogP contribution in [0, 0.1) is 23.1 Å². The molecule has 0 saturated carbocycles. The van der Waals surface area contributed by atoms with Gasteiger partial charge in [-0.3, -0.25) is 0 Å². The molecule has 1 aromatic carbocycles. The zero-order valence-electron chi connectivity index (χ0n) is 13.8. The quantitative estimate of drug-likeness (QED) is 0.718. The van der Waals surface area contributed by atoms with Gasteiger partial charge >= 0.3 is 0 Å². The van der Waals surface area contributed by atoms with Gasteiger partial charge in [0.05, 0.1) is 24.3 Å². The van der Waals surface area contributed by atoms with Gasteiger partial charge in [0.1, 0.15) is 10.7 Å². The van der Waals surface area contributed by atoms with Crippen LogP contribution in [0.15, 0.2) is 23.1 Å². The molecule has 0 aliphatic carbocycles. The number of halogens is 1. The van der Waals surface area contributed by atoms with E-state index < -0.39 is 15.8 Å². The molecule has 1 unspecified atom stereocenters. The molecule has 0 aliphatic heterocycles. The summed E-state index contributed by atoms with van der Waals surface area (Å²) in [5, 5.41) is 8.91. The first-order chi connectivity index (χ1) is 10.7. The largest absolute Gasteiger partial charge is 0.383 e. The zero-order chi connectivity index (χ0) is 17.6. The standard InChI is InChI=1S/C15H22FN3O3S/c1-12(10-17)11-18(2)14-6-5-13(16)9-15(14)23(20,21)19(3)7-8-22-4/h5-6,9,12H,7-8,11H2,1-4H3. The lowest BCUT2D eigenvalue weighted by Crippen LogP contribution is -2.32. The van der Waals surface area contributed by atoms with Gasteiger partial charge in [0.25, 0.3) is 0 Å². The minimum absolute atomic E-state index is 0.122. The lowest BCUT2D eigenvalue weighted by molar-refractivity contribution is 0.185. The summed E-state index contributed by atoms with van der Waals surface area (Å²) < 4.78 is 45.0. The summed E-state index contributed by atoms with van der Waals surface area (Å²) >= 11 is 0. The molecule has 23 heavy (non-hydrogen) atoms. The van der Waals surface area contributed by atoms with Gasteiger partial charge in [-0.15, -0.1) is 0 Å². The Morgan fingerprint density at radius 3 is 2.61 bits per heavy atom. The molecule has 1 rings (SSSR count). The van der Waals surface area contributed by atoms with E-state index in [1.165, 1.54) is 26.3 Å². The van der Waals surface area contributed by atoms with Crippen LogP contribution in [-0.2, 0) is 14.8 Å². The Hall–Kier alpha value is -1.69. The van der Waals surface area contributed by atoms with E-state index in [1.54, 1.807) is 18.9 Å². The molecule has 0 aromatic heterocycles. The molecule has 0 bridgehead atoms. The van der Waals surface area contributed by atoms with Crippen molar-refractivity contribution in [1.82, 2.24) is 4.31 Å². The van der Waals surface area contributed by atoms with E-state index in [4.69, 9.17) is 10.00 Å². The second kappa shape index (κ2) is 8.24. The number of anilines is 1. The molecule has 1 aromatic rings. The highest BCUT2D eigenvalue weighted by atomic mass is 32.2. The fourth-order valence-corrected chi connectivity index (χ4v) is 3.47. The summed E-state index contributed by atoms with van der Waals surface area (Å²) in [6.45, 7) is 2.47. The first-order valence-corrected chi connectivity index (χ1v) is 8.53. The molecule has 8 heteroatoms. The maximum absolute atomic E-state index is 13.6. The number of nitrogens with zero attached hydrogens (tertiary/aromatic N) is 3. The molecule has 0 aliphatic rings. The molecular formula is C15H22FN3O3S. The zero-order valence-corrected chi connectivity index (χ0v) is 14.6. The Morgan fingerprint density at radius 2 is 2.04 bits per heavy atom. The van der Waals surface area contributed by atoms with Crippen LogP contribution in [0.4, 0.5) is 10.1 Å². The first-order valence-electron chi connectivity index (χ1n) is 7.09. The van der Waals surface area contributed by atoms with E-state index in [0.29, 0.717) is 12.2 Å². The van der Waals surface area contributed by atoms with Gasteiger partial charge in [-0.25, -0.2) is 12.8 Å². The number of ether oxygens (including phenoxy) is 1. The van der Waals surface area contributed by atoms with E-state index in [9.17, 15) is 12.8 Å². The lowest BCUT2D eigenvalue weighted by Gasteiger charge is -2.25. The van der Waals surface area contributed by atoms with Crippen molar-refractivity contribution in [2.75, 3.05) is 45.8 Å². The van der Waals surface area contributed by atoms with Crippen LogP contribution >= 0.6 is 0 Å². The first kappa shape index (κ1) is 19.4. The van der Waals surface area contributed by atoms with Crippen molar-refractivity contribution in [3.8, 4) is 6.07 Å². The summed E-state index contributed by atoms with van der Waals surface area (Å²) in [7, 11) is 0.708. The minimum atomic E-state index is -3.86. The van der Waals surface area contributed by atoms with E-state index >= 15 is 0 Å². The Kier molecular flexibility index (Phi) is 6.94. The molecule has 0 spiro atoms. The Balaban J connectivity index is 3.24. The van der Waals surface area contributed by atoms with Crippen molar-refractivity contribution in [2.45, 2.75) is 11.8 Å². The summed E-state index contributed by atoms with van der Waals surface area (Å²) in [5.74, 6) is -0.916. The molecule has 128 valence electrons. The van der Waals surface area contributed by atoms with Crippen molar-refractivity contribution in [3.05, 3.63) is 24.0 Å². The van der Waals surface area contributed by atoms with E-state index in [0.717, 1.165) is 10.4 Å². The number of rotatable bonds is 8. The van der Waals surface area contributed by atoms with Gasteiger partial charge in [-0.1, -0.05) is 0 Å². The molecule has 0 fully saturated rings. The van der Waals surface area contributed by atoms with Gasteiger partial charge in [0.15, 0.2) is 0 Å². The minimum Gasteiger partial charge on any atom is -0.383 e. The molecule has 0 saturated heterocycles. The number of hydrogen-bond acceptors (Lipinski definition) is 5. The fraction of sp³-hybridized carbons (Fsp3) is 0.533. The molecule has 1 atom stereocenters. The van der Waals surface area contributed by atoms with Crippen LogP contribution in [-0.4, -0.2) is 53.6 Å². The van der Waals surface area contributed by atoms with E-state index in [-0.39, 0.29) is 24.0 Å². The molecule has 0 amide bonds. The highest BCUT2D eigenvalue weighted by Gasteiger charge is 2.26. The molecule has 6 nitrogen and oxygen atoms in total. The number of hydrogen-bond donors (Lipinski definition) is 0. The van der Waals surface area contributed by atoms with Gasteiger partial charge in [0, 0.05) is 34.3 Å². The predicted molar refractivity (Wildman–Crippen MR) is 86.1 cm³/mol. The van der Waals surface area contributed by atoms with Crippen molar-refractivity contribution >= 4 is 15.7 Å². The molecule has 0 radical (unpaired) electrons. The third-order valence-electron chi connectivity index (χ3n) is 3.40. The Labute approximate surface area is 137 Å². The summed E-state index contributed by atoms with van der Waals surface area (Å²) in [6, 6.07) is 5.71.